The maximum absolute atomic E-state index is 13.0. The van der Waals surface area contributed by atoms with Crippen molar-refractivity contribution in [1.29, 1.82) is 0 Å². The van der Waals surface area contributed by atoms with Gasteiger partial charge in [0.05, 0.1) is 11.0 Å². The molecule has 21 heavy (non-hydrogen) atoms. The fourth-order valence-electron chi connectivity index (χ4n) is 2.88. The van der Waals surface area contributed by atoms with Gasteiger partial charge in [0, 0.05) is 25.4 Å². The average molecular weight is 312 g/mol. The van der Waals surface area contributed by atoms with Gasteiger partial charge in [-0.15, -0.1) is 0 Å². The van der Waals surface area contributed by atoms with E-state index in [4.69, 9.17) is 10.5 Å². The number of ether oxygens (including phenoxy) is 1. The average Bonchev–Trinajstić information content (AvgIpc) is 2.61. The minimum absolute atomic E-state index is 0.0920. The summed E-state index contributed by atoms with van der Waals surface area (Å²) in [6.45, 7) is 8.87. The summed E-state index contributed by atoms with van der Waals surface area (Å²) < 4.78 is 33.1. The number of rotatable bonds is 2. The molecule has 0 bridgehead atoms. The van der Waals surface area contributed by atoms with Gasteiger partial charge in [0.25, 0.3) is 0 Å². The van der Waals surface area contributed by atoms with Crippen LogP contribution < -0.4 is 5.73 Å². The Kier molecular flexibility index (Phi) is 4.60. The lowest BCUT2D eigenvalue weighted by atomic mass is 10.1. The fourth-order valence-corrected chi connectivity index (χ4v) is 4.88. The molecule has 0 spiro atoms. The van der Waals surface area contributed by atoms with Gasteiger partial charge < -0.3 is 10.5 Å². The molecule has 1 unspecified atom stereocenters. The van der Waals surface area contributed by atoms with Crippen molar-refractivity contribution in [2.75, 3.05) is 25.4 Å². The Balaban J connectivity index is 2.51. The standard InChI is InChI=1S/C15H24N2O3S/c1-10-8-11(2)15(13(4)14(10)16)21(18,19)17-6-5-7-20-12(3)9-17/h8,12H,5-7,9,16H2,1-4H3. The van der Waals surface area contributed by atoms with Crippen LogP contribution in [-0.4, -0.2) is 38.5 Å². The van der Waals surface area contributed by atoms with Gasteiger partial charge in [-0.1, -0.05) is 6.07 Å². The molecule has 1 aromatic rings. The van der Waals surface area contributed by atoms with Crippen LogP contribution >= 0.6 is 0 Å². The van der Waals surface area contributed by atoms with Crippen LogP contribution in [0.1, 0.15) is 30.0 Å². The first-order valence-electron chi connectivity index (χ1n) is 7.23. The Hall–Kier alpha value is -1.11. The van der Waals surface area contributed by atoms with Crippen LogP contribution in [-0.2, 0) is 14.8 Å². The van der Waals surface area contributed by atoms with E-state index < -0.39 is 10.0 Å². The van der Waals surface area contributed by atoms with Crippen LogP contribution in [0, 0.1) is 20.8 Å². The third-order valence-electron chi connectivity index (χ3n) is 3.97. The van der Waals surface area contributed by atoms with Crippen molar-refractivity contribution in [3.63, 3.8) is 0 Å². The Morgan fingerprint density at radius 1 is 1.29 bits per heavy atom. The van der Waals surface area contributed by atoms with Crippen molar-refractivity contribution in [2.45, 2.75) is 45.1 Å². The number of benzene rings is 1. The summed E-state index contributed by atoms with van der Waals surface area (Å²) in [5.41, 5.74) is 8.89. The summed E-state index contributed by atoms with van der Waals surface area (Å²) in [4.78, 5) is 0.347. The maximum Gasteiger partial charge on any atom is 0.243 e. The lowest BCUT2D eigenvalue weighted by molar-refractivity contribution is 0.0752. The van der Waals surface area contributed by atoms with Crippen LogP contribution in [0.5, 0.6) is 0 Å². The van der Waals surface area contributed by atoms with E-state index in [-0.39, 0.29) is 6.10 Å². The van der Waals surface area contributed by atoms with Gasteiger partial charge in [-0.25, -0.2) is 8.42 Å². The molecule has 1 atom stereocenters. The summed E-state index contributed by atoms with van der Waals surface area (Å²) in [6.07, 6.45) is 0.619. The van der Waals surface area contributed by atoms with Gasteiger partial charge in [-0.3, -0.25) is 0 Å². The number of hydrogen-bond donors (Lipinski definition) is 1. The molecule has 118 valence electrons. The van der Waals surface area contributed by atoms with Crippen LogP contribution in [0.2, 0.25) is 0 Å². The molecule has 2 rings (SSSR count). The Morgan fingerprint density at radius 2 is 1.95 bits per heavy atom. The lowest BCUT2D eigenvalue weighted by Crippen LogP contribution is -2.36. The van der Waals surface area contributed by atoms with E-state index in [0.717, 1.165) is 11.1 Å². The van der Waals surface area contributed by atoms with E-state index in [1.54, 1.807) is 6.92 Å². The minimum Gasteiger partial charge on any atom is -0.398 e. The molecule has 1 aromatic carbocycles. The van der Waals surface area contributed by atoms with Crippen molar-refractivity contribution in [2.24, 2.45) is 0 Å². The number of aryl methyl sites for hydroxylation is 2. The number of hydrogen-bond acceptors (Lipinski definition) is 4. The topological polar surface area (TPSA) is 72.6 Å². The van der Waals surface area contributed by atoms with Crippen molar-refractivity contribution in [3.8, 4) is 0 Å². The molecule has 6 heteroatoms. The number of nitrogens with zero attached hydrogens (tertiary/aromatic N) is 1. The predicted molar refractivity (Wildman–Crippen MR) is 83.9 cm³/mol. The summed E-state index contributed by atoms with van der Waals surface area (Å²) in [5, 5.41) is 0. The zero-order valence-corrected chi connectivity index (χ0v) is 14.0. The number of nitrogen functional groups attached to an aromatic ring is 1. The minimum atomic E-state index is -3.55. The highest BCUT2D eigenvalue weighted by Gasteiger charge is 2.31. The summed E-state index contributed by atoms with van der Waals surface area (Å²) >= 11 is 0. The van der Waals surface area contributed by atoms with E-state index in [2.05, 4.69) is 0 Å². The molecule has 1 aliphatic rings. The molecule has 0 amide bonds. The summed E-state index contributed by atoms with van der Waals surface area (Å²) in [7, 11) is -3.55. The van der Waals surface area contributed by atoms with Crippen molar-refractivity contribution >= 4 is 15.7 Å². The van der Waals surface area contributed by atoms with Crippen molar-refractivity contribution in [3.05, 3.63) is 22.8 Å². The second-order valence-electron chi connectivity index (χ2n) is 5.78. The number of anilines is 1. The quantitative estimate of drug-likeness (QED) is 0.848. The number of nitrogens with two attached hydrogens (primary N) is 1. The lowest BCUT2D eigenvalue weighted by Gasteiger charge is -2.24. The maximum atomic E-state index is 13.0. The zero-order valence-electron chi connectivity index (χ0n) is 13.1. The smallest absolute Gasteiger partial charge is 0.243 e. The van der Waals surface area contributed by atoms with E-state index in [1.807, 2.05) is 26.8 Å². The molecule has 1 aliphatic heterocycles. The highest BCUT2D eigenvalue weighted by atomic mass is 32.2. The van der Waals surface area contributed by atoms with Gasteiger partial charge in [0.15, 0.2) is 0 Å². The molecule has 1 heterocycles. The van der Waals surface area contributed by atoms with Gasteiger partial charge >= 0.3 is 0 Å². The van der Waals surface area contributed by atoms with Gasteiger partial charge in [0.2, 0.25) is 10.0 Å². The van der Waals surface area contributed by atoms with E-state index in [0.29, 0.717) is 42.3 Å². The molecule has 2 N–H and O–H groups in total. The SMILES string of the molecule is Cc1cc(C)c(S(=O)(=O)N2CCCOC(C)C2)c(C)c1N. The van der Waals surface area contributed by atoms with E-state index in [9.17, 15) is 8.42 Å². The Morgan fingerprint density at radius 3 is 2.62 bits per heavy atom. The zero-order chi connectivity index (χ0) is 15.8. The molecule has 0 saturated carbocycles. The first kappa shape index (κ1) is 16.3. The van der Waals surface area contributed by atoms with Crippen LogP contribution in [0.4, 0.5) is 5.69 Å². The molecular formula is C15H24N2O3S. The van der Waals surface area contributed by atoms with Gasteiger partial charge in [-0.05, 0) is 50.8 Å². The Bertz CT molecular complexity index is 641. The molecule has 0 aliphatic carbocycles. The normalized spacial score (nSPS) is 21.2. The largest absolute Gasteiger partial charge is 0.398 e. The highest BCUT2D eigenvalue weighted by Crippen LogP contribution is 2.30. The van der Waals surface area contributed by atoms with Gasteiger partial charge in [-0.2, -0.15) is 4.31 Å². The monoisotopic (exact) mass is 312 g/mol. The van der Waals surface area contributed by atoms with Crippen LogP contribution in [0.15, 0.2) is 11.0 Å². The third-order valence-corrected chi connectivity index (χ3v) is 6.13. The van der Waals surface area contributed by atoms with Crippen LogP contribution in [0.25, 0.3) is 0 Å². The first-order chi connectivity index (χ1) is 9.75. The van der Waals surface area contributed by atoms with Crippen LogP contribution in [0.3, 0.4) is 0 Å². The summed E-state index contributed by atoms with van der Waals surface area (Å²) in [5.74, 6) is 0. The first-order valence-corrected chi connectivity index (χ1v) is 8.67. The molecule has 1 fully saturated rings. The molecule has 1 saturated heterocycles. The van der Waals surface area contributed by atoms with Crippen molar-refractivity contribution in [1.82, 2.24) is 4.31 Å². The third kappa shape index (κ3) is 3.07. The molecule has 5 nitrogen and oxygen atoms in total. The fraction of sp³-hybridized carbons (Fsp3) is 0.600. The number of sulfonamides is 1. The van der Waals surface area contributed by atoms with E-state index >= 15 is 0 Å². The summed E-state index contributed by atoms with van der Waals surface area (Å²) in [6, 6.07) is 1.84. The van der Waals surface area contributed by atoms with E-state index in [1.165, 1.54) is 4.31 Å². The molecular weight excluding hydrogens is 288 g/mol. The van der Waals surface area contributed by atoms with Crippen molar-refractivity contribution < 1.29 is 13.2 Å². The highest BCUT2D eigenvalue weighted by molar-refractivity contribution is 7.89. The van der Waals surface area contributed by atoms with Gasteiger partial charge in [0.1, 0.15) is 0 Å². The predicted octanol–water partition coefficient (Wildman–Crippen LogP) is 1.99. The molecule has 0 aromatic heterocycles. The second kappa shape index (κ2) is 5.94. The molecule has 0 radical (unpaired) electrons. The Labute approximate surface area is 127 Å². The second-order valence-corrected chi connectivity index (χ2v) is 7.65.